The molecule has 0 aromatic heterocycles. The quantitative estimate of drug-likeness (QED) is 0.468. The van der Waals surface area contributed by atoms with Gasteiger partial charge in [0.05, 0.1) is 11.5 Å². The van der Waals surface area contributed by atoms with E-state index in [1.807, 2.05) is 19.9 Å². The Morgan fingerprint density at radius 1 is 0.844 bits per heavy atom. The Bertz CT molecular complexity index is 1170. The number of ether oxygens (including phenoxy) is 2. The standard InChI is InChI=1S/C24H26N2O5S/c1-17-4-7-21(16-18(17)2)26-32(28,29)23-12-5-19(6-13-23)24(27)25-20-8-10-22(11-9-20)31-15-14-30-3/h4-13,16,26H,14-15H2,1-3H3,(H,25,27). The third-order valence-electron chi connectivity index (χ3n) is 4.85. The second kappa shape index (κ2) is 10.3. The molecule has 1 amide bonds. The highest BCUT2D eigenvalue weighted by atomic mass is 32.2. The van der Waals surface area contributed by atoms with Crippen LogP contribution < -0.4 is 14.8 Å². The minimum atomic E-state index is -3.76. The van der Waals surface area contributed by atoms with Crippen molar-refractivity contribution in [3.63, 3.8) is 0 Å². The Balaban J connectivity index is 1.64. The first kappa shape index (κ1) is 23.3. The summed E-state index contributed by atoms with van der Waals surface area (Å²) in [6, 6.07) is 18.1. The number of nitrogens with one attached hydrogen (secondary N) is 2. The highest BCUT2D eigenvalue weighted by Gasteiger charge is 2.16. The molecule has 0 bridgehead atoms. The normalized spacial score (nSPS) is 11.1. The van der Waals surface area contributed by atoms with E-state index in [1.54, 1.807) is 43.5 Å². The molecule has 8 heteroatoms. The van der Waals surface area contributed by atoms with E-state index < -0.39 is 10.0 Å². The lowest BCUT2D eigenvalue weighted by Gasteiger charge is -2.11. The zero-order valence-electron chi connectivity index (χ0n) is 18.2. The molecule has 3 aromatic carbocycles. The van der Waals surface area contributed by atoms with Crippen LogP contribution in [0.2, 0.25) is 0 Å². The summed E-state index contributed by atoms with van der Waals surface area (Å²) in [5, 5.41) is 2.78. The van der Waals surface area contributed by atoms with Gasteiger partial charge in [0.15, 0.2) is 0 Å². The van der Waals surface area contributed by atoms with E-state index in [2.05, 4.69) is 10.0 Å². The summed E-state index contributed by atoms with van der Waals surface area (Å²) >= 11 is 0. The number of anilines is 2. The molecule has 168 valence electrons. The number of carbonyl (C=O) groups is 1. The van der Waals surface area contributed by atoms with E-state index >= 15 is 0 Å². The van der Waals surface area contributed by atoms with Crippen LogP contribution in [0.4, 0.5) is 11.4 Å². The molecule has 0 fully saturated rings. The number of hydrogen-bond donors (Lipinski definition) is 2. The molecule has 0 aliphatic rings. The molecule has 0 unspecified atom stereocenters. The van der Waals surface area contributed by atoms with Gasteiger partial charge in [-0.15, -0.1) is 0 Å². The molecular formula is C24H26N2O5S. The van der Waals surface area contributed by atoms with Crippen molar-refractivity contribution in [2.24, 2.45) is 0 Å². The molecule has 0 aliphatic carbocycles. The van der Waals surface area contributed by atoms with E-state index in [9.17, 15) is 13.2 Å². The summed E-state index contributed by atoms with van der Waals surface area (Å²) in [6.45, 7) is 4.81. The second-order valence-corrected chi connectivity index (χ2v) is 8.93. The molecule has 0 saturated carbocycles. The zero-order valence-corrected chi connectivity index (χ0v) is 19.0. The number of methoxy groups -OCH3 is 1. The number of benzene rings is 3. The lowest BCUT2D eigenvalue weighted by Crippen LogP contribution is -2.15. The van der Waals surface area contributed by atoms with Crippen LogP contribution in [0.25, 0.3) is 0 Å². The van der Waals surface area contributed by atoms with Gasteiger partial charge in [-0.3, -0.25) is 9.52 Å². The molecule has 2 N–H and O–H groups in total. The summed E-state index contributed by atoms with van der Waals surface area (Å²) in [7, 11) is -2.16. The second-order valence-electron chi connectivity index (χ2n) is 7.25. The first-order valence-electron chi connectivity index (χ1n) is 10.0. The van der Waals surface area contributed by atoms with E-state index in [0.717, 1.165) is 11.1 Å². The highest BCUT2D eigenvalue weighted by molar-refractivity contribution is 7.92. The van der Waals surface area contributed by atoms with Gasteiger partial charge in [0.1, 0.15) is 12.4 Å². The van der Waals surface area contributed by atoms with Gasteiger partial charge < -0.3 is 14.8 Å². The fourth-order valence-corrected chi connectivity index (χ4v) is 3.93. The fourth-order valence-electron chi connectivity index (χ4n) is 2.89. The maximum absolute atomic E-state index is 12.7. The predicted octanol–water partition coefficient (Wildman–Crippen LogP) is 4.38. The van der Waals surface area contributed by atoms with Gasteiger partial charge >= 0.3 is 0 Å². The van der Waals surface area contributed by atoms with Crippen molar-refractivity contribution in [3.8, 4) is 5.75 Å². The van der Waals surface area contributed by atoms with Crippen molar-refractivity contribution in [1.82, 2.24) is 0 Å². The Morgan fingerprint density at radius 3 is 2.12 bits per heavy atom. The number of sulfonamides is 1. The molecule has 0 atom stereocenters. The van der Waals surface area contributed by atoms with Gasteiger partial charge in [-0.2, -0.15) is 0 Å². The lowest BCUT2D eigenvalue weighted by atomic mass is 10.1. The monoisotopic (exact) mass is 454 g/mol. The number of hydrogen-bond acceptors (Lipinski definition) is 5. The number of rotatable bonds is 9. The van der Waals surface area contributed by atoms with Crippen LogP contribution in [-0.2, 0) is 14.8 Å². The van der Waals surface area contributed by atoms with Gasteiger partial charge in [-0.25, -0.2) is 8.42 Å². The molecule has 0 aliphatic heterocycles. The largest absolute Gasteiger partial charge is 0.491 e. The number of amides is 1. The van der Waals surface area contributed by atoms with Crippen LogP contribution in [-0.4, -0.2) is 34.6 Å². The molecule has 3 aromatic rings. The summed E-state index contributed by atoms with van der Waals surface area (Å²) in [4.78, 5) is 12.6. The van der Waals surface area contributed by atoms with Gasteiger partial charge in [0, 0.05) is 24.0 Å². The van der Waals surface area contributed by atoms with Crippen LogP contribution in [0.1, 0.15) is 21.5 Å². The molecular weight excluding hydrogens is 428 g/mol. The van der Waals surface area contributed by atoms with Crippen molar-refractivity contribution in [1.29, 1.82) is 0 Å². The average Bonchev–Trinajstić information content (AvgIpc) is 2.77. The van der Waals surface area contributed by atoms with Crippen LogP contribution in [0, 0.1) is 13.8 Å². The van der Waals surface area contributed by atoms with Crippen molar-refractivity contribution >= 4 is 27.3 Å². The molecule has 0 radical (unpaired) electrons. The molecule has 0 heterocycles. The Labute approximate surface area is 188 Å². The maximum atomic E-state index is 12.7. The van der Waals surface area contributed by atoms with Crippen molar-refractivity contribution in [2.45, 2.75) is 18.7 Å². The minimum Gasteiger partial charge on any atom is -0.491 e. The van der Waals surface area contributed by atoms with Crippen molar-refractivity contribution < 1.29 is 22.7 Å². The predicted molar refractivity (Wildman–Crippen MR) is 125 cm³/mol. The highest BCUT2D eigenvalue weighted by Crippen LogP contribution is 2.20. The summed E-state index contributed by atoms with van der Waals surface area (Å²) in [6.07, 6.45) is 0. The van der Waals surface area contributed by atoms with Gasteiger partial charge in [-0.1, -0.05) is 6.07 Å². The van der Waals surface area contributed by atoms with E-state index in [1.165, 1.54) is 24.3 Å². The van der Waals surface area contributed by atoms with Gasteiger partial charge in [0.25, 0.3) is 15.9 Å². The van der Waals surface area contributed by atoms with Crippen LogP contribution >= 0.6 is 0 Å². The Morgan fingerprint density at radius 2 is 1.50 bits per heavy atom. The SMILES string of the molecule is COCCOc1ccc(NC(=O)c2ccc(S(=O)(=O)Nc3ccc(C)c(C)c3)cc2)cc1. The molecule has 7 nitrogen and oxygen atoms in total. The molecule has 0 saturated heterocycles. The maximum Gasteiger partial charge on any atom is 0.261 e. The van der Waals surface area contributed by atoms with Gasteiger partial charge in [-0.05, 0) is 85.6 Å². The first-order valence-corrected chi connectivity index (χ1v) is 11.5. The Kier molecular flexibility index (Phi) is 7.50. The number of aryl methyl sites for hydroxylation is 2. The number of carbonyl (C=O) groups excluding carboxylic acids is 1. The first-order chi connectivity index (χ1) is 15.3. The summed E-state index contributed by atoms with van der Waals surface area (Å²) in [5.41, 5.74) is 3.51. The fraction of sp³-hybridized carbons (Fsp3) is 0.208. The lowest BCUT2D eigenvalue weighted by molar-refractivity contribution is 0.102. The Hall–Kier alpha value is -3.36. The average molecular weight is 455 g/mol. The van der Waals surface area contributed by atoms with Crippen LogP contribution in [0.5, 0.6) is 5.75 Å². The summed E-state index contributed by atoms with van der Waals surface area (Å²) in [5.74, 6) is 0.329. The molecule has 3 rings (SSSR count). The zero-order chi connectivity index (χ0) is 23.1. The molecule has 32 heavy (non-hydrogen) atoms. The third-order valence-corrected chi connectivity index (χ3v) is 6.25. The summed E-state index contributed by atoms with van der Waals surface area (Å²) < 4.78 is 38.3. The van der Waals surface area contributed by atoms with Gasteiger partial charge in [0.2, 0.25) is 0 Å². The van der Waals surface area contributed by atoms with Crippen molar-refractivity contribution in [3.05, 3.63) is 83.4 Å². The smallest absolute Gasteiger partial charge is 0.261 e. The molecule has 0 spiro atoms. The van der Waals surface area contributed by atoms with Crippen LogP contribution in [0.15, 0.2) is 71.6 Å². The van der Waals surface area contributed by atoms with Crippen LogP contribution in [0.3, 0.4) is 0 Å². The van der Waals surface area contributed by atoms with E-state index in [-0.39, 0.29) is 10.8 Å². The van der Waals surface area contributed by atoms with E-state index in [0.29, 0.717) is 35.9 Å². The minimum absolute atomic E-state index is 0.0739. The third kappa shape index (κ3) is 6.09. The van der Waals surface area contributed by atoms with E-state index in [4.69, 9.17) is 9.47 Å². The van der Waals surface area contributed by atoms with Crippen molar-refractivity contribution in [2.75, 3.05) is 30.4 Å². The topological polar surface area (TPSA) is 93.7 Å².